The maximum Gasteiger partial charge on any atom is 0.260 e. The summed E-state index contributed by atoms with van der Waals surface area (Å²) in [5, 5.41) is 6.65. The van der Waals surface area contributed by atoms with Crippen molar-refractivity contribution < 1.29 is 19.1 Å². The van der Waals surface area contributed by atoms with Crippen LogP contribution in [0.3, 0.4) is 0 Å². The van der Waals surface area contributed by atoms with Crippen LogP contribution in [0.4, 0.5) is 0 Å². The van der Waals surface area contributed by atoms with Crippen LogP contribution in [0.15, 0.2) is 23.4 Å². The lowest BCUT2D eigenvalue weighted by molar-refractivity contribution is -0.126. The minimum Gasteiger partial charge on any atom is -0.493 e. The number of nitrogens with one attached hydrogen (secondary N) is 1. The summed E-state index contributed by atoms with van der Waals surface area (Å²) in [4.78, 5) is 16.7. The van der Waals surface area contributed by atoms with Crippen molar-refractivity contribution in [3.8, 4) is 11.5 Å². The van der Waals surface area contributed by atoms with E-state index in [2.05, 4.69) is 10.5 Å². The van der Waals surface area contributed by atoms with Crippen molar-refractivity contribution in [2.24, 2.45) is 11.1 Å². The smallest absolute Gasteiger partial charge is 0.260 e. The predicted molar refractivity (Wildman–Crippen MR) is 90.2 cm³/mol. The fraction of sp³-hybridized carbons (Fsp3) is 0.529. The van der Waals surface area contributed by atoms with Crippen LogP contribution in [0.1, 0.15) is 33.3 Å². The molecule has 128 valence electrons. The van der Waals surface area contributed by atoms with E-state index in [1.807, 2.05) is 33.8 Å². The second-order valence-corrected chi connectivity index (χ2v) is 5.45. The number of carbonyl (C=O) groups is 1. The normalized spacial score (nSPS) is 12.3. The van der Waals surface area contributed by atoms with Crippen molar-refractivity contribution in [1.82, 2.24) is 5.32 Å². The molecule has 0 aromatic heterocycles. The van der Waals surface area contributed by atoms with Crippen LogP contribution < -0.4 is 14.8 Å². The summed E-state index contributed by atoms with van der Waals surface area (Å²) >= 11 is 0. The highest BCUT2D eigenvalue weighted by atomic mass is 16.6. The molecule has 0 fully saturated rings. The fourth-order valence-electron chi connectivity index (χ4n) is 1.70. The van der Waals surface area contributed by atoms with Crippen molar-refractivity contribution in [3.63, 3.8) is 0 Å². The molecule has 0 spiro atoms. The molecule has 1 N–H and O–H groups in total. The second-order valence-electron chi connectivity index (χ2n) is 5.45. The molecule has 0 saturated carbocycles. The van der Waals surface area contributed by atoms with E-state index in [1.54, 1.807) is 19.2 Å². The Morgan fingerprint density at radius 1 is 1.30 bits per heavy atom. The summed E-state index contributed by atoms with van der Waals surface area (Å²) in [5.74, 6) is 1.49. The molecule has 1 aromatic rings. The quantitative estimate of drug-likeness (QED) is 0.560. The maximum absolute atomic E-state index is 11.6. The van der Waals surface area contributed by atoms with Gasteiger partial charge in [-0.25, -0.2) is 0 Å². The molecule has 1 aromatic carbocycles. The zero-order valence-corrected chi connectivity index (χ0v) is 14.5. The van der Waals surface area contributed by atoms with Gasteiger partial charge in [-0.05, 0) is 38.0 Å². The van der Waals surface area contributed by atoms with Gasteiger partial charge in [0, 0.05) is 11.6 Å². The van der Waals surface area contributed by atoms with Gasteiger partial charge in [0.2, 0.25) is 0 Å². The summed E-state index contributed by atoms with van der Waals surface area (Å²) < 4.78 is 10.7. The van der Waals surface area contributed by atoms with E-state index in [0.29, 0.717) is 24.0 Å². The highest BCUT2D eigenvalue weighted by Crippen LogP contribution is 2.27. The van der Waals surface area contributed by atoms with Crippen molar-refractivity contribution in [2.45, 2.75) is 33.7 Å². The third-order valence-corrected chi connectivity index (χ3v) is 3.35. The lowest BCUT2D eigenvalue weighted by Crippen LogP contribution is -2.38. The molecule has 0 radical (unpaired) electrons. The zero-order chi connectivity index (χ0) is 17.2. The molecule has 23 heavy (non-hydrogen) atoms. The summed E-state index contributed by atoms with van der Waals surface area (Å²) in [6.45, 7) is 8.41. The Morgan fingerprint density at radius 3 is 2.65 bits per heavy atom. The molecule has 0 aliphatic heterocycles. The van der Waals surface area contributed by atoms with E-state index < -0.39 is 0 Å². The first-order chi connectivity index (χ1) is 11.0. The average Bonchev–Trinajstić information content (AvgIpc) is 2.52. The lowest BCUT2D eigenvalue weighted by atomic mass is 10.1. The number of nitrogens with zero attached hydrogens (tertiary/aromatic N) is 1. The van der Waals surface area contributed by atoms with Crippen LogP contribution in [-0.2, 0) is 9.63 Å². The van der Waals surface area contributed by atoms with Crippen molar-refractivity contribution >= 4 is 12.1 Å². The minimum absolute atomic E-state index is 0.102. The summed E-state index contributed by atoms with van der Waals surface area (Å²) in [5.41, 5.74) is 0.793. The standard InChI is InChI=1S/C17H26N2O4/c1-6-22-15-8-7-14(9-16(15)21-5)10-18-23-11-17(20)19-13(4)12(2)3/h7-10,12-13H,6,11H2,1-5H3,(H,19,20)/b18-10-/t13-/m1/s1. The third kappa shape index (κ3) is 6.59. The van der Waals surface area contributed by atoms with Crippen molar-refractivity contribution in [3.05, 3.63) is 23.8 Å². The molecule has 6 heteroatoms. The molecular formula is C17H26N2O4. The molecule has 0 unspecified atom stereocenters. The van der Waals surface area contributed by atoms with Gasteiger partial charge in [-0.3, -0.25) is 4.79 Å². The van der Waals surface area contributed by atoms with Crippen LogP contribution in [0.25, 0.3) is 0 Å². The molecule has 0 heterocycles. The molecule has 1 rings (SSSR count). The number of amides is 1. The van der Waals surface area contributed by atoms with E-state index in [1.165, 1.54) is 6.21 Å². The van der Waals surface area contributed by atoms with Crippen LogP contribution in [0, 0.1) is 5.92 Å². The summed E-state index contributed by atoms with van der Waals surface area (Å²) in [6, 6.07) is 5.53. The van der Waals surface area contributed by atoms with Gasteiger partial charge in [0.15, 0.2) is 18.1 Å². The number of methoxy groups -OCH3 is 1. The summed E-state index contributed by atoms with van der Waals surface area (Å²) in [6.07, 6.45) is 1.53. The first-order valence-electron chi connectivity index (χ1n) is 7.73. The number of hydrogen-bond acceptors (Lipinski definition) is 5. The van der Waals surface area contributed by atoms with E-state index in [0.717, 1.165) is 5.56 Å². The Morgan fingerprint density at radius 2 is 2.04 bits per heavy atom. The lowest BCUT2D eigenvalue weighted by Gasteiger charge is -2.16. The van der Waals surface area contributed by atoms with Gasteiger partial charge in [0.25, 0.3) is 5.91 Å². The molecule has 0 aliphatic rings. The molecule has 1 amide bonds. The number of carbonyl (C=O) groups excluding carboxylic acids is 1. The first-order valence-corrected chi connectivity index (χ1v) is 7.73. The first kappa shape index (κ1) is 18.8. The number of hydrogen-bond donors (Lipinski definition) is 1. The van der Waals surface area contributed by atoms with Gasteiger partial charge in [-0.2, -0.15) is 0 Å². The van der Waals surface area contributed by atoms with Crippen LogP contribution in [0.2, 0.25) is 0 Å². The van der Waals surface area contributed by atoms with E-state index in [-0.39, 0.29) is 18.6 Å². The van der Waals surface area contributed by atoms with Crippen molar-refractivity contribution in [1.29, 1.82) is 0 Å². The van der Waals surface area contributed by atoms with Gasteiger partial charge < -0.3 is 19.6 Å². The number of benzene rings is 1. The average molecular weight is 322 g/mol. The molecule has 0 aliphatic carbocycles. The Labute approximate surface area is 137 Å². The highest BCUT2D eigenvalue weighted by Gasteiger charge is 2.10. The van der Waals surface area contributed by atoms with Crippen LogP contribution >= 0.6 is 0 Å². The number of rotatable bonds is 9. The van der Waals surface area contributed by atoms with Gasteiger partial charge in [-0.1, -0.05) is 19.0 Å². The minimum atomic E-state index is -0.187. The zero-order valence-electron chi connectivity index (χ0n) is 14.5. The molecule has 1 atom stereocenters. The topological polar surface area (TPSA) is 69.2 Å². The predicted octanol–water partition coefficient (Wildman–Crippen LogP) is 2.61. The SMILES string of the molecule is CCOc1ccc(/C=N\OCC(=O)N[C@H](C)C(C)C)cc1OC. The number of oxime groups is 1. The second kappa shape index (κ2) is 9.71. The largest absolute Gasteiger partial charge is 0.493 e. The van der Waals surface area contributed by atoms with Gasteiger partial charge in [0.1, 0.15) is 0 Å². The van der Waals surface area contributed by atoms with E-state index in [9.17, 15) is 4.79 Å². The Kier molecular flexibility index (Phi) is 7.94. The number of ether oxygens (including phenoxy) is 2. The van der Waals surface area contributed by atoms with E-state index in [4.69, 9.17) is 14.3 Å². The van der Waals surface area contributed by atoms with Gasteiger partial charge in [0.05, 0.1) is 19.9 Å². The fourth-order valence-corrected chi connectivity index (χ4v) is 1.70. The van der Waals surface area contributed by atoms with Crippen molar-refractivity contribution in [2.75, 3.05) is 20.3 Å². The molecule has 6 nitrogen and oxygen atoms in total. The van der Waals surface area contributed by atoms with Crippen LogP contribution in [-0.4, -0.2) is 38.5 Å². The Balaban J connectivity index is 2.50. The van der Waals surface area contributed by atoms with Gasteiger partial charge >= 0.3 is 0 Å². The Hall–Kier alpha value is -2.24. The highest BCUT2D eigenvalue weighted by molar-refractivity contribution is 5.81. The van der Waals surface area contributed by atoms with Crippen LogP contribution in [0.5, 0.6) is 11.5 Å². The maximum atomic E-state index is 11.6. The molecule has 0 bridgehead atoms. The Bertz CT molecular complexity index is 529. The third-order valence-electron chi connectivity index (χ3n) is 3.35. The molecule has 0 saturated heterocycles. The van der Waals surface area contributed by atoms with Gasteiger partial charge in [-0.15, -0.1) is 0 Å². The monoisotopic (exact) mass is 322 g/mol. The summed E-state index contributed by atoms with van der Waals surface area (Å²) in [7, 11) is 1.58. The van der Waals surface area contributed by atoms with E-state index >= 15 is 0 Å². The molecular weight excluding hydrogens is 296 g/mol.